The molecule has 1 nitrogen and oxygen atoms in total. The zero-order chi connectivity index (χ0) is 16.7. The van der Waals surface area contributed by atoms with Crippen molar-refractivity contribution in [1.29, 1.82) is 0 Å². The maximum Gasteiger partial charge on any atom is 0.0693 e. The van der Waals surface area contributed by atoms with Crippen molar-refractivity contribution in [3.8, 4) is 0 Å². The van der Waals surface area contributed by atoms with Crippen LogP contribution in [-0.4, -0.2) is 15.5 Å². The summed E-state index contributed by atoms with van der Waals surface area (Å²) in [5, 5.41) is 10.7. The van der Waals surface area contributed by atoms with Crippen molar-refractivity contribution in [1.82, 2.24) is 0 Å². The molecule has 0 fully saturated rings. The molecule has 0 radical (unpaired) electrons. The van der Waals surface area contributed by atoms with E-state index in [4.69, 9.17) is 0 Å². The summed E-state index contributed by atoms with van der Waals surface area (Å²) in [5.74, 6) is 0. The molecule has 2 heteroatoms. The van der Waals surface area contributed by atoms with E-state index >= 15 is 0 Å². The average Bonchev–Trinajstić information content (AvgIpc) is 2.52. The van der Waals surface area contributed by atoms with Crippen LogP contribution in [0.1, 0.15) is 117 Å². The number of hydrogen-bond donors (Lipinski definition) is 1. The monoisotopic (exact) mass is 376 g/mol. The maximum absolute atomic E-state index is 10.7. The minimum atomic E-state index is -0.174. The molecule has 1 atom stereocenters. The van der Waals surface area contributed by atoms with Gasteiger partial charge in [-0.25, -0.2) is 0 Å². The van der Waals surface area contributed by atoms with E-state index in [-0.39, 0.29) is 10.4 Å². The van der Waals surface area contributed by atoms with E-state index in [0.29, 0.717) is 0 Å². The molecule has 0 amide bonds. The summed E-state index contributed by atoms with van der Waals surface area (Å²) >= 11 is 3.97. The largest absolute Gasteiger partial charge is 0.392 e. The second-order valence-electron chi connectivity index (χ2n) is 7.02. The van der Waals surface area contributed by atoms with Crippen molar-refractivity contribution >= 4 is 15.9 Å². The number of aliphatic hydroxyl groups is 1. The van der Waals surface area contributed by atoms with Crippen molar-refractivity contribution in [3.05, 3.63) is 0 Å². The van der Waals surface area contributed by atoms with Crippen LogP contribution in [0.25, 0.3) is 0 Å². The maximum atomic E-state index is 10.7. The van der Waals surface area contributed by atoms with Crippen molar-refractivity contribution < 1.29 is 5.11 Å². The normalized spacial score (nSPS) is 13.5. The van der Waals surface area contributed by atoms with Gasteiger partial charge < -0.3 is 5.11 Å². The Hall–Kier alpha value is 0.440. The Balaban J connectivity index is 4.26. The van der Waals surface area contributed by atoms with Crippen LogP contribution >= 0.6 is 15.9 Å². The fourth-order valence-corrected chi connectivity index (χ4v) is 3.96. The lowest BCUT2D eigenvalue weighted by Crippen LogP contribution is -2.36. The van der Waals surface area contributed by atoms with E-state index in [0.717, 1.165) is 19.3 Å². The highest BCUT2D eigenvalue weighted by atomic mass is 79.9. The van der Waals surface area contributed by atoms with Crippen LogP contribution in [0.2, 0.25) is 0 Å². The fraction of sp³-hybridized carbons (Fsp3) is 1.00. The third kappa shape index (κ3) is 11.0. The molecule has 134 valence electrons. The predicted octanol–water partition coefficient (Wildman–Crippen LogP) is 7.39. The standard InChI is InChI=1S/C20H41BrO/c1-4-7-10-13-16-19(22)20(21,17-14-11-8-5-2)18-15-12-9-6-3/h19,22H,4-18H2,1-3H3. The summed E-state index contributed by atoms with van der Waals surface area (Å²) < 4.78 is -0.0271. The summed E-state index contributed by atoms with van der Waals surface area (Å²) in [6.07, 6.45) is 18.4. The van der Waals surface area contributed by atoms with Gasteiger partial charge in [0.2, 0.25) is 0 Å². The van der Waals surface area contributed by atoms with E-state index in [1.54, 1.807) is 0 Å². The number of unbranched alkanes of at least 4 members (excludes halogenated alkanes) is 9. The third-order valence-corrected chi connectivity index (χ3v) is 6.14. The van der Waals surface area contributed by atoms with Crippen LogP contribution in [0.5, 0.6) is 0 Å². The summed E-state index contributed by atoms with van der Waals surface area (Å²) in [6.45, 7) is 6.76. The Morgan fingerprint density at radius 2 is 1.09 bits per heavy atom. The minimum Gasteiger partial charge on any atom is -0.392 e. The van der Waals surface area contributed by atoms with Crippen molar-refractivity contribution in [2.45, 2.75) is 128 Å². The number of aliphatic hydroxyl groups excluding tert-OH is 1. The highest BCUT2D eigenvalue weighted by Gasteiger charge is 2.33. The average molecular weight is 377 g/mol. The van der Waals surface area contributed by atoms with Gasteiger partial charge in [-0.3, -0.25) is 0 Å². The first-order valence-electron chi connectivity index (χ1n) is 9.97. The van der Waals surface area contributed by atoms with Crippen LogP contribution in [0, 0.1) is 0 Å². The Morgan fingerprint density at radius 3 is 1.50 bits per heavy atom. The van der Waals surface area contributed by atoms with Crippen LogP contribution < -0.4 is 0 Å². The second kappa shape index (κ2) is 15.0. The van der Waals surface area contributed by atoms with E-state index in [1.165, 1.54) is 77.0 Å². The molecule has 0 aromatic rings. The van der Waals surface area contributed by atoms with Gasteiger partial charge in [-0.1, -0.05) is 114 Å². The van der Waals surface area contributed by atoms with Crippen LogP contribution in [0.3, 0.4) is 0 Å². The van der Waals surface area contributed by atoms with Crippen LogP contribution in [0.15, 0.2) is 0 Å². The Kier molecular flexibility index (Phi) is 15.3. The molecule has 0 saturated heterocycles. The Bertz CT molecular complexity index is 218. The molecular weight excluding hydrogens is 336 g/mol. The molecule has 0 spiro atoms. The van der Waals surface area contributed by atoms with Crippen molar-refractivity contribution in [2.24, 2.45) is 0 Å². The predicted molar refractivity (Wildman–Crippen MR) is 104 cm³/mol. The topological polar surface area (TPSA) is 20.2 Å². The summed E-state index contributed by atoms with van der Waals surface area (Å²) in [5.41, 5.74) is 0. The van der Waals surface area contributed by atoms with Crippen molar-refractivity contribution in [2.75, 3.05) is 0 Å². The molecule has 0 aliphatic rings. The van der Waals surface area contributed by atoms with Gasteiger partial charge in [-0.15, -0.1) is 0 Å². The van der Waals surface area contributed by atoms with Gasteiger partial charge in [-0.05, 0) is 19.3 Å². The zero-order valence-electron chi connectivity index (χ0n) is 15.5. The number of rotatable bonds is 16. The lowest BCUT2D eigenvalue weighted by atomic mass is 9.87. The quantitative estimate of drug-likeness (QED) is 0.220. The van der Waals surface area contributed by atoms with Gasteiger partial charge in [0.25, 0.3) is 0 Å². The fourth-order valence-electron chi connectivity index (χ4n) is 3.17. The Morgan fingerprint density at radius 1 is 0.682 bits per heavy atom. The third-order valence-electron chi connectivity index (χ3n) is 4.82. The first-order chi connectivity index (χ1) is 10.6. The SMILES string of the molecule is CCCCCCC(O)C(Br)(CCCCCC)CCCCCC. The first kappa shape index (κ1) is 22.4. The highest BCUT2D eigenvalue weighted by molar-refractivity contribution is 9.10. The molecule has 1 N–H and O–H groups in total. The first-order valence-corrected chi connectivity index (χ1v) is 10.8. The molecule has 1 unspecified atom stereocenters. The van der Waals surface area contributed by atoms with E-state index in [9.17, 15) is 5.11 Å². The summed E-state index contributed by atoms with van der Waals surface area (Å²) in [6, 6.07) is 0. The minimum absolute atomic E-state index is 0.0271. The summed E-state index contributed by atoms with van der Waals surface area (Å²) in [4.78, 5) is 0. The van der Waals surface area contributed by atoms with Gasteiger partial charge in [0.1, 0.15) is 0 Å². The van der Waals surface area contributed by atoms with Crippen LogP contribution in [-0.2, 0) is 0 Å². The van der Waals surface area contributed by atoms with Crippen LogP contribution in [0.4, 0.5) is 0 Å². The summed E-state index contributed by atoms with van der Waals surface area (Å²) in [7, 11) is 0. The van der Waals surface area contributed by atoms with E-state index < -0.39 is 0 Å². The second-order valence-corrected chi connectivity index (χ2v) is 8.60. The zero-order valence-corrected chi connectivity index (χ0v) is 17.1. The number of hydrogen-bond acceptors (Lipinski definition) is 1. The molecule has 22 heavy (non-hydrogen) atoms. The number of halogens is 1. The smallest absolute Gasteiger partial charge is 0.0693 e. The molecule has 0 aromatic carbocycles. The molecule has 0 aliphatic carbocycles. The molecule has 0 rings (SSSR count). The van der Waals surface area contributed by atoms with Gasteiger partial charge in [0, 0.05) is 0 Å². The van der Waals surface area contributed by atoms with Gasteiger partial charge >= 0.3 is 0 Å². The lowest BCUT2D eigenvalue weighted by molar-refractivity contribution is 0.106. The molecule has 0 bridgehead atoms. The van der Waals surface area contributed by atoms with Gasteiger partial charge in [-0.2, -0.15) is 0 Å². The van der Waals surface area contributed by atoms with Gasteiger partial charge in [0.15, 0.2) is 0 Å². The molecular formula is C20H41BrO. The van der Waals surface area contributed by atoms with E-state index in [2.05, 4.69) is 36.7 Å². The molecule has 0 aliphatic heterocycles. The van der Waals surface area contributed by atoms with E-state index in [1.807, 2.05) is 0 Å². The van der Waals surface area contributed by atoms with Crippen molar-refractivity contribution in [3.63, 3.8) is 0 Å². The lowest BCUT2D eigenvalue weighted by Gasteiger charge is -2.33. The molecule has 0 heterocycles. The number of alkyl halides is 1. The highest BCUT2D eigenvalue weighted by Crippen LogP contribution is 2.37. The molecule has 0 aromatic heterocycles. The molecule has 0 saturated carbocycles. The van der Waals surface area contributed by atoms with Gasteiger partial charge in [0.05, 0.1) is 10.4 Å². The Labute approximate surface area is 148 Å².